The first-order chi connectivity index (χ1) is 8.04. The average Bonchev–Trinajstić information content (AvgIpc) is 2.35. The monoisotopic (exact) mass is 252 g/mol. The van der Waals surface area contributed by atoms with Gasteiger partial charge in [0.2, 0.25) is 5.91 Å². The molecule has 0 aliphatic heterocycles. The van der Waals surface area contributed by atoms with Crippen molar-refractivity contribution in [1.29, 1.82) is 0 Å². The van der Waals surface area contributed by atoms with Crippen molar-refractivity contribution in [2.45, 2.75) is 24.8 Å². The first-order valence-corrected chi connectivity index (χ1v) is 6.72. The topological polar surface area (TPSA) is 55.1 Å². The fourth-order valence-electron chi connectivity index (χ4n) is 1.34. The number of nitrogens with one attached hydrogen (secondary N) is 1. The maximum absolute atomic E-state index is 10.9. The van der Waals surface area contributed by atoms with Gasteiger partial charge in [-0.2, -0.15) is 0 Å². The van der Waals surface area contributed by atoms with Gasteiger partial charge < -0.3 is 11.1 Å². The number of hydrogen-bond acceptors (Lipinski definition) is 3. The Bertz CT molecular complexity index is 381. The lowest BCUT2D eigenvalue weighted by Gasteiger charge is -2.12. The minimum atomic E-state index is -0.239. The van der Waals surface area contributed by atoms with Crippen molar-refractivity contribution in [2.24, 2.45) is 11.7 Å². The summed E-state index contributed by atoms with van der Waals surface area (Å²) in [6.07, 6.45) is 0. The number of thioether (sulfide) groups is 1. The van der Waals surface area contributed by atoms with E-state index in [0.717, 1.165) is 5.75 Å². The second kappa shape index (κ2) is 6.67. The Morgan fingerprint density at radius 3 is 2.76 bits per heavy atom. The maximum atomic E-state index is 10.9. The largest absolute Gasteiger partial charge is 0.369 e. The summed E-state index contributed by atoms with van der Waals surface area (Å²) in [7, 11) is 1.94. The maximum Gasteiger partial charge on any atom is 0.221 e. The van der Waals surface area contributed by atoms with Crippen molar-refractivity contribution in [1.82, 2.24) is 5.32 Å². The number of primary amides is 1. The molecule has 3 N–H and O–H groups in total. The molecule has 0 fully saturated rings. The van der Waals surface area contributed by atoms with Crippen LogP contribution in [0.15, 0.2) is 29.2 Å². The van der Waals surface area contributed by atoms with Crippen LogP contribution in [0.25, 0.3) is 0 Å². The van der Waals surface area contributed by atoms with Gasteiger partial charge in [-0.1, -0.05) is 19.1 Å². The van der Waals surface area contributed by atoms with Crippen LogP contribution >= 0.6 is 11.8 Å². The van der Waals surface area contributed by atoms with Crippen LogP contribution in [0.2, 0.25) is 0 Å². The zero-order chi connectivity index (χ0) is 12.8. The lowest BCUT2D eigenvalue weighted by atomic mass is 10.1. The Morgan fingerprint density at radius 2 is 2.18 bits per heavy atom. The van der Waals surface area contributed by atoms with E-state index in [-0.39, 0.29) is 11.8 Å². The molecule has 3 nitrogen and oxygen atoms in total. The van der Waals surface area contributed by atoms with Crippen LogP contribution in [0, 0.1) is 5.92 Å². The van der Waals surface area contributed by atoms with Crippen LogP contribution in [0.4, 0.5) is 0 Å². The molecular weight excluding hydrogens is 232 g/mol. The second-order valence-corrected chi connectivity index (χ2v) is 5.29. The summed E-state index contributed by atoms with van der Waals surface area (Å²) < 4.78 is 0. The standard InChI is InChI=1S/C13H20N2OS/c1-9(13(14)16)8-17-12-6-4-5-11(7-12)10(2)15-3/h4-7,9-10,15H,8H2,1-3H3,(H2,14,16). The van der Waals surface area contributed by atoms with Gasteiger partial charge in [0.05, 0.1) is 0 Å². The molecule has 0 heterocycles. The zero-order valence-corrected chi connectivity index (χ0v) is 11.4. The highest BCUT2D eigenvalue weighted by Crippen LogP contribution is 2.24. The van der Waals surface area contributed by atoms with Crippen molar-refractivity contribution in [3.05, 3.63) is 29.8 Å². The highest BCUT2D eigenvalue weighted by atomic mass is 32.2. The highest BCUT2D eigenvalue weighted by Gasteiger charge is 2.09. The molecular formula is C13H20N2OS. The molecule has 1 aromatic rings. The number of carbonyl (C=O) groups excluding carboxylic acids is 1. The smallest absolute Gasteiger partial charge is 0.221 e. The van der Waals surface area contributed by atoms with Crippen molar-refractivity contribution in [2.75, 3.05) is 12.8 Å². The molecule has 1 aromatic carbocycles. The summed E-state index contributed by atoms with van der Waals surface area (Å²) >= 11 is 1.67. The van der Waals surface area contributed by atoms with Gasteiger partial charge >= 0.3 is 0 Å². The predicted octanol–water partition coefficient (Wildman–Crippen LogP) is 2.18. The molecule has 0 aliphatic rings. The van der Waals surface area contributed by atoms with E-state index >= 15 is 0 Å². The third-order valence-electron chi connectivity index (χ3n) is 2.78. The van der Waals surface area contributed by atoms with Crippen LogP contribution in [-0.4, -0.2) is 18.7 Å². The Balaban J connectivity index is 2.63. The van der Waals surface area contributed by atoms with Crippen molar-refractivity contribution >= 4 is 17.7 Å². The van der Waals surface area contributed by atoms with E-state index in [9.17, 15) is 4.79 Å². The van der Waals surface area contributed by atoms with E-state index in [0.29, 0.717) is 6.04 Å². The molecule has 4 heteroatoms. The van der Waals surface area contributed by atoms with E-state index in [1.807, 2.05) is 20.0 Å². The van der Waals surface area contributed by atoms with Crippen LogP contribution in [0.5, 0.6) is 0 Å². The third kappa shape index (κ3) is 4.40. The van der Waals surface area contributed by atoms with Gasteiger partial charge in [-0.25, -0.2) is 0 Å². The number of hydrogen-bond donors (Lipinski definition) is 2. The molecule has 0 aromatic heterocycles. The van der Waals surface area contributed by atoms with Gasteiger partial charge in [0.15, 0.2) is 0 Å². The number of benzene rings is 1. The average molecular weight is 252 g/mol. The van der Waals surface area contributed by atoms with E-state index in [2.05, 4.69) is 30.4 Å². The van der Waals surface area contributed by atoms with E-state index in [1.54, 1.807) is 11.8 Å². The van der Waals surface area contributed by atoms with Crippen LogP contribution in [0.1, 0.15) is 25.5 Å². The second-order valence-electron chi connectivity index (χ2n) is 4.20. The number of rotatable bonds is 6. The van der Waals surface area contributed by atoms with Gasteiger partial charge in [-0.15, -0.1) is 11.8 Å². The first-order valence-electron chi connectivity index (χ1n) is 5.74. The van der Waals surface area contributed by atoms with Gasteiger partial charge in [-0.3, -0.25) is 4.79 Å². The molecule has 0 radical (unpaired) electrons. The van der Waals surface area contributed by atoms with Gasteiger partial charge in [0.1, 0.15) is 0 Å². The Labute approximate surface area is 107 Å². The number of amides is 1. The fourth-order valence-corrected chi connectivity index (χ4v) is 2.34. The summed E-state index contributed by atoms with van der Waals surface area (Å²) in [6.45, 7) is 3.98. The summed E-state index contributed by atoms with van der Waals surface area (Å²) in [5.41, 5.74) is 6.49. The molecule has 0 saturated carbocycles. The molecule has 1 amide bonds. The summed E-state index contributed by atoms with van der Waals surface area (Å²) in [5, 5.41) is 3.21. The van der Waals surface area contributed by atoms with Gasteiger partial charge in [0.25, 0.3) is 0 Å². The van der Waals surface area contributed by atoms with Gasteiger partial charge in [0, 0.05) is 22.6 Å². The predicted molar refractivity (Wildman–Crippen MR) is 73.0 cm³/mol. The Hall–Kier alpha value is -1.00. The molecule has 0 spiro atoms. The number of nitrogens with two attached hydrogens (primary N) is 1. The lowest BCUT2D eigenvalue weighted by Crippen LogP contribution is -2.22. The van der Waals surface area contributed by atoms with Crippen LogP contribution in [0.3, 0.4) is 0 Å². The quantitative estimate of drug-likeness (QED) is 0.763. The van der Waals surface area contributed by atoms with Crippen LogP contribution < -0.4 is 11.1 Å². The first kappa shape index (κ1) is 14.1. The molecule has 2 unspecified atom stereocenters. The Kier molecular flexibility index (Phi) is 5.51. The SMILES string of the molecule is CNC(C)c1cccc(SCC(C)C(N)=O)c1. The molecule has 1 rings (SSSR count). The molecule has 94 valence electrons. The Morgan fingerprint density at radius 1 is 1.47 bits per heavy atom. The van der Waals surface area contributed by atoms with E-state index in [4.69, 9.17) is 5.73 Å². The molecule has 17 heavy (non-hydrogen) atoms. The molecule has 0 bridgehead atoms. The highest BCUT2D eigenvalue weighted by molar-refractivity contribution is 7.99. The lowest BCUT2D eigenvalue weighted by molar-refractivity contribution is -0.120. The van der Waals surface area contributed by atoms with Crippen molar-refractivity contribution < 1.29 is 4.79 Å². The molecule has 0 saturated heterocycles. The zero-order valence-electron chi connectivity index (χ0n) is 10.6. The third-order valence-corrected chi connectivity index (χ3v) is 4.03. The van der Waals surface area contributed by atoms with Crippen molar-refractivity contribution in [3.8, 4) is 0 Å². The van der Waals surface area contributed by atoms with E-state index < -0.39 is 0 Å². The normalized spacial score (nSPS) is 14.3. The van der Waals surface area contributed by atoms with Crippen LogP contribution in [-0.2, 0) is 4.79 Å². The molecule has 0 aliphatic carbocycles. The minimum Gasteiger partial charge on any atom is -0.369 e. The molecule has 2 atom stereocenters. The minimum absolute atomic E-state index is 0.0922. The summed E-state index contributed by atoms with van der Waals surface area (Å²) in [5.74, 6) is 0.398. The summed E-state index contributed by atoms with van der Waals surface area (Å²) in [4.78, 5) is 12.1. The van der Waals surface area contributed by atoms with E-state index in [1.165, 1.54) is 10.5 Å². The van der Waals surface area contributed by atoms with Gasteiger partial charge in [-0.05, 0) is 31.7 Å². The number of carbonyl (C=O) groups is 1. The summed E-state index contributed by atoms with van der Waals surface area (Å²) in [6, 6.07) is 8.69. The fraction of sp³-hybridized carbons (Fsp3) is 0.462. The van der Waals surface area contributed by atoms with Crippen molar-refractivity contribution in [3.63, 3.8) is 0 Å².